The minimum Gasteiger partial charge on any atom is -0.480 e. The molecule has 1 aliphatic heterocycles. The van der Waals surface area contributed by atoms with Crippen molar-refractivity contribution in [3.8, 4) is 0 Å². The molecule has 0 aromatic rings. The molecule has 3 N–H and O–H groups in total. The Labute approximate surface area is 74.0 Å². The number of esters is 2. The predicted octanol–water partition coefficient (Wildman–Crippen LogP) is -0.954. The van der Waals surface area contributed by atoms with Crippen molar-refractivity contribution in [2.45, 2.75) is 6.92 Å². The Morgan fingerprint density at radius 3 is 2.15 bits per heavy atom. The second kappa shape index (κ2) is 5.04. The number of carbonyl (C=O) groups excluding carboxylic acids is 2. The lowest BCUT2D eigenvalue weighted by Gasteiger charge is -1.83. The van der Waals surface area contributed by atoms with Gasteiger partial charge in [-0.3, -0.25) is 4.79 Å². The van der Waals surface area contributed by atoms with E-state index in [1.807, 2.05) is 0 Å². The van der Waals surface area contributed by atoms with Gasteiger partial charge in [0.2, 0.25) is 0 Å². The molecular weight excluding hydrogens is 178 g/mol. The topological polar surface area (TPSA) is 107 Å². The van der Waals surface area contributed by atoms with Gasteiger partial charge in [0.1, 0.15) is 0 Å². The standard InChI is InChI=1S/C5H4O3.C2H5NO2/c1-3-2-4(6)8-5(3)7;3-1-2(4)5/h2H,1H3;1,3H2,(H,4,5). The summed E-state index contributed by atoms with van der Waals surface area (Å²) < 4.78 is 4.10. The highest BCUT2D eigenvalue weighted by Gasteiger charge is 2.18. The van der Waals surface area contributed by atoms with Gasteiger partial charge in [0.25, 0.3) is 0 Å². The van der Waals surface area contributed by atoms with Gasteiger partial charge in [-0.15, -0.1) is 0 Å². The van der Waals surface area contributed by atoms with E-state index in [9.17, 15) is 14.4 Å². The Kier molecular flexibility index (Phi) is 4.39. The van der Waals surface area contributed by atoms with Crippen LogP contribution in [-0.2, 0) is 19.1 Å². The fourth-order valence-corrected chi connectivity index (χ4v) is 0.437. The maximum atomic E-state index is 10.3. The second-order valence-electron chi connectivity index (χ2n) is 2.13. The molecule has 1 aliphatic rings. The van der Waals surface area contributed by atoms with Crippen LogP contribution in [0.2, 0.25) is 0 Å². The van der Waals surface area contributed by atoms with E-state index in [2.05, 4.69) is 10.5 Å². The molecule has 0 aromatic heterocycles. The predicted molar refractivity (Wildman–Crippen MR) is 41.5 cm³/mol. The number of aliphatic carboxylic acids is 1. The van der Waals surface area contributed by atoms with E-state index < -0.39 is 17.9 Å². The van der Waals surface area contributed by atoms with Crippen molar-refractivity contribution in [2.75, 3.05) is 6.54 Å². The number of cyclic esters (lactones) is 2. The van der Waals surface area contributed by atoms with Gasteiger partial charge >= 0.3 is 17.9 Å². The van der Waals surface area contributed by atoms with Crippen LogP contribution in [0.3, 0.4) is 0 Å². The molecule has 0 fully saturated rings. The van der Waals surface area contributed by atoms with E-state index >= 15 is 0 Å². The van der Waals surface area contributed by atoms with Crippen molar-refractivity contribution in [1.29, 1.82) is 0 Å². The van der Waals surface area contributed by atoms with E-state index in [0.717, 1.165) is 0 Å². The van der Waals surface area contributed by atoms with Crippen molar-refractivity contribution in [2.24, 2.45) is 5.73 Å². The lowest BCUT2D eigenvalue weighted by molar-refractivity contribution is -0.150. The fourth-order valence-electron chi connectivity index (χ4n) is 0.437. The first-order chi connectivity index (χ1) is 5.97. The SMILES string of the molecule is CC1=CC(=O)OC1=O.NCC(=O)O. The van der Waals surface area contributed by atoms with E-state index in [1.165, 1.54) is 13.0 Å². The molecule has 0 amide bonds. The zero-order chi connectivity index (χ0) is 10.4. The van der Waals surface area contributed by atoms with E-state index in [4.69, 9.17) is 5.11 Å². The Balaban J connectivity index is 0.000000252. The minimum atomic E-state index is -0.968. The number of carbonyl (C=O) groups is 3. The molecule has 0 saturated carbocycles. The van der Waals surface area contributed by atoms with Gasteiger partial charge in [0.05, 0.1) is 6.54 Å². The third kappa shape index (κ3) is 4.70. The van der Waals surface area contributed by atoms with Crippen LogP contribution in [0.4, 0.5) is 0 Å². The molecule has 13 heavy (non-hydrogen) atoms. The van der Waals surface area contributed by atoms with Gasteiger partial charge in [-0.25, -0.2) is 9.59 Å². The Morgan fingerprint density at radius 1 is 1.62 bits per heavy atom. The number of hydrogen-bond acceptors (Lipinski definition) is 5. The highest BCUT2D eigenvalue weighted by Crippen LogP contribution is 2.04. The molecule has 6 nitrogen and oxygen atoms in total. The number of nitrogens with two attached hydrogens (primary N) is 1. The van der Waals surface area contributed by atoms with Crippen molar-refractivity contribution < 1.29 is 24.2 Å². The van der Waals surface area contributed by atoms with Gasteiger partial charge in [-0.05, 0) is 6.92 Å². The van der Waals surface area contributed by atoms with Crippen LogP contribution < -0.4 is 5.73 Å². The smallest absolute Gasteiger partial charge is 0.341 e. The number of ether oxygens (including phenoxy) is 1. The van der Waals surface area contributed by atoms with Gasteiger partial charge in [0, 0.05) is 11.6 Å². The highest BCUT2D eigenvalue weighted by molar-refractivity contribution is 6.08. The molecule has 0 unspecified atom stereocenters. The molecule has 1 heterocycles. The third-order valence-electron chi connectivity index (χ3n) is 1.02. The molecule has 0 aliphatic carbocycles. The van der Waals surface area contributed by atoms with Crippen molar-refractivity contribution in [1.82, 2.24) is 0 Å². The normalized spacial score (nSPS) is 14.2. The average Bonchev–Trinajstić information content (AvgIpc) is 2.31. The number of carboxylic acid groups (broad SMARTS) is 1. The molecule has 0 spiro atoms. The lowest BCUT2D eigenvalue weighted by atomic mass is 10.3. The molecule has 0 aromatic carbocycles. The van der Waals surface area contributed by atoms with Crippen LogP contribution in [0, 0.1) is 0 Å². The van der Waals surface area contributed by atoms with Gasteiger partial charge in [-0.2, -0.15) is 0 Å². The number of carboxylic acids is 1. The maximum absolute atomic E-state index is 10.3. The van der Waals surface area contributed by atoms with Crippen LogP contribution in [-0.4, -0.2) is 29.6 Å². The summed E-state index contributed by atoms with van der Waals surface area (Å²) in [6, 6.07) is 0. The Morgan fingerprint density at radius 2 is 2.08 bits per heavy atom. The monoisotopic (exact) mass is 187 g/mol. The molecule has 1 rings (SSSR count). The van der Waals surface area contributed by atoms with E-state index in [1.54, 1.807) is 0 Å². The maximum Gasteiger partial charge on any atom is 0.341 e. The Hall–Kier alpha value is -1.69. The summed E-state index contributed by atoms with van der Waals surface area (Å²) in [6.45, 7) is 1.26. The molecule has 0 atom stereocenters. The first-order valence-corrected chi connectivity index (χ1v) is 3.33. The van der Waals surface area contributed by atoms with Crippen LogP contribution in [0.1, 0.15) is 6.92 Å². The molecule has 6 heteroatoms. The van der Waals surface area contributed by atoms with E-state index in [0.29, 0.717) is 5.57 Å². The quantitative estimate of drug-likeness (QED) is 0.404. The van der Waals surface area contributed by atoms with Crippen LogP contribution >= 0.6 is 0 Å². The highest BCUT2D eigenvalue weighted by atomic mass is 16.6. The number of hydrogen-bond donors (Lipinski definition) is 2. The van der Waals surface area contributed by atoms with Gasteiger partial charge in [0.15, 0.2) is 0 Å². The van der Waals surface area contributed by atoms with Crippen LogP contribution in [0.25, 0.3) is 0 Å². The summed E-state index contributed by atoms with van der Waals surface area (Å²) in [4.78, 5) is 29.7. The molecule has 0 radical (unpaired) electrons. The molecule has 72 valence electrons. The van der Waals surface area contributed by atoms with Gasteiger partial charge in [-0.1, -0.05) is 0 Å². The third-order valence-corrected chi connectivity index (χ3v) is 1.02. The van der Waals surface area contributed by atoms with E-state index in [-0.39, 0.29) is 6.54 Å². The number of rotatable bonds is 1. The second-order valence-corrected chi connectivity index (χ2v) is 2.13. The largest absolute Gasteiger partial charge is 0.480 e. The summed E-state index contributed by atoms with van der Waals surface area (Å²) in [7, 11) is 0. The first kappa shape index (κ1) is 11.3. The summed E-state index contributed by atoms with van der Waals surface area (Å²) in [5, 5.41) is 7.60. The zero-order valence-corrected chi connectivity index (χ0v) is 6.94. The fraction of sp³-hybridized carbons (Fsp3) is 0.286. The van der Waals surface area contributed by atoms with Crippen molar-refractivity contribution in [3.63, 3.8) is 0 Å². The van der Waals surface area contributed by atoms with Crippen LogP contribution in [0.15, 0.2) is 11.6 Å². The summed E-state index contributed by atoms with van der Waals surface area (Å²) in [6.07, 6.45) is 1.17. The minimum absolute atomic E-state index is 0.278. The first-order valence-electron chi connectivity index (χ1n) is 3.33. The molecular formula is C7H9NO5. The zero-order valence-electron chi connectivity index (χ0n) is 6.94. The van der Waals surface area contributed by atoms with Crippen molar-refractivity contribution >= 4 is 17.9 Å². The molecule has 0 bridgehead atoms. The van der Waals surface area contributed by atoms with Crippen molar-refractivity contribution in [3.05, 3.63) is 11.6 Å². The average molecular weight is 187 g/mol. The molecule has 0 saturated heterocycles. The van der Waals surface area contributed by atoms with Gasteiger partial charge < -0.3 is 15.6 Å². The summed E-state index contributed by atoms with van der Waals surface area (Å²) >= 11 is 0. The Bertz CT molecular complexity index is 268. The summed E-state index contributed by atoms with van der Waals surface area (Å²) in [5.41, 5.74) is 4.94. The van der Waals surface area contributed by atoms with Crippen LogP contribution in [0.5, 0.6) is 0 Å². The summed E-state index contributed by atoms with van der Waals surface area (Å²) in [5.74, 6) is -2.06. The lowest BCUT2D eigenvalue weighted by Crippen LogP contribution is -2.10.